The quantitative estimate of drug-likeness (QED) is 0.899. The molecule has 1 aromatic carbocycles. The van der Waals surface area contributed by atoms with E-state index < -0.39 is 0 Å². The molecular formula is C10H13BrOS. The van der Waals surface area contributed by atoms with Crippen LogP contribution in [0.4, 0.5) is 0 Å². The highest BCUT2D eigenvalue weighted by Gasteiger charge is 2.11. The molecule has 1 rings (SSSR count). The lowest BCUT2D eigenvalue weighted by molar-refractivity contribution is 0.274. The smallest absolute Gasteiger partial charge is 0.0508 e. The van der Waals surface area contributed by atoms with Crippen molar-refractivity contribution in [2.75, 3.05) is 18.6 Å². The molecule has 1 unspecified atom stereocenters. The van der Waals surface area contributed by atoms with Crippen LogP contribution >= 0.6 is 27.7 Å². The van der Waals surface area contributed by atoms with Gasteiger partial charge in [0.15, 0.2) is 0 Å². The largest absolute Gasteiger partial charge is 0.396 e. The van der Waals surface area contributed by atoms with Crippen LogP contribution in [0.1, 0.15) is 11.5 Å². The Hall–Kier alpha value is 0.01000. The number of thioether (sulfide) groups is 1. The number of halogens is 1. The van der Waals surface area contributed by atoms with Gasteiger partial charge in [0.05, 0.1) is 6.61 Å². The molecule has 1 N–H and O–H groups in total. The zero-order valence-electron chi connectivity index (χ0n) is 7.53. The minimum Gasteiger partial charge on any atom is -0.396 e. The number of hydrogen-bond donors (Lipinski definition) is 1. The summed E-state index contributed by atoms with van der Waals surface area (Å²) in [5.41, 5.74) is 1.19. The van der Waals surface area contributed by atoms with Gasteiger partial charge in [0, 0.05) is 16.1 Å². The highest BCUT2D eigenvalue weighted by atomic mass is 79.9. The zero-order valence-corrected chi connectivity index (χ0v) is 9.94. The fraction of sp³-hybridized carbons (Fsp3) is 0.400. The van der Waals surface area contributed by atoms with Crippen LogP contribution in [0.2, 0.25) is 0 Å². The van der Waals surface area contributed by atoms with E-state index in [1.54, 1.807) is 11.8 Å². The van der Waals surface area contributed by atoms with Gasteiger partial charge in [-0.3, -0.25) is 0 Å². The van der Waals surface area contributed by atoms with Crippen molar-refractivity contribution >= 4 is 27.7 Å². The molecule has 0 aliphatic rings. The van der Waals surface area contributed by atoms with E-state index in [1.807, 2.05) is 18.2 Å². The van der Waals surface area contributed by atoms with E-state index in [-0.39, 0.29) is 12.5 Å². The van der Waals surface area contributed by atoms with Crippen molar-refractivity contribution in [1.82, 2.24) is 0 Å². The number of rotatable bonds is 4. The van der Waals surface area contributed by atoms with Crippen LogP contribution in [-0.4, -0.2) is 23.7 Å². The van der Waals surface area contributed by atoms with Crippen molar-refractivity contribution in [2.45, 2.75) is 5.92 Å². The first kappa shape index (κ1) is 11.1. The van der Waals surface area contributed by atoms with Crippen molar-refractivity contribution in [1.29, 1.82) is 0 Å². The maximum absolute atomic E-state index is 9.20. The van der Waals surface area contributed by atoms with E-state index in [4.69, 9.17) is 0 Å². The molecule has 0 amide bonds. The summed E-state index contributed by atoms with van der Waals surface area (Å²) in [6.45, 7) is 0.212. The molecule has 1 aromatic rings. The van der Waals surface area contributed by atoms with Gasteiger partial charge in [-0.15, -0.1) is 0 Å². The summed E-state index contributed by atoms with van der Waals surface area (Å²) in [6, 6.07) is 8.06. The van der Waals surface area contributed by atoms with Crippen LogP contribution in [0.25, 0.3) is 0 Å². The Bertz CT molecular complexity index is 265. The van der Waals surface area contributed by atoms with Crippen LogP contribution in [0.3, 0.4) is 0 Å². The van der Waals surface area contributed by atoms with Crippen molar-refractivity contribution in [2.24, 2.45) is 0 Å². The highest BCUT2D eigenvalue weighted by molar-refractivity contribution is 9.10. The summed E-state index contributed by atoms with van der Waals surface area (Å²) in [7, 11) is 0. The van der Waals surface area contributed by atoms with Crippen LogP contribution in [0, 0.1) is 0 Å². The topological polar surface area (TPSA) is 20.2 Å². The van der Waals surface area contributed by atoms with E-state index in [1.165, 1.54) is 5.56 Å². The second kappa shape index (κ2) is 5.68. The van der Waals surface area contributed by atoms with Gasteiger partial charge in [0.2, 0.25) is 0 Å². The van der Waals surface area contributed by atoms with E-state index in [2.05, 4.69) is 28.3 Å². The Morgan fingerprint density at radius 3 is 2.69 bits per heavy atom. The van der Waals surface area contributed by atoms with Crippen molar-refractivity contribution < 1.29 is 5.11 Å². The molecule has 0 aliphatic heterocycles. The van der Waals surface area contributed by atoms with E-state index in [0.29, 0.717) is 0 Å². The number of benzene rings is 1. The van der Waals surface area contributed by atoms with Crippen molar-refractivity contribution in [3.05, 3.63) is 34.3 Å². The van der Waals surface area contributed by atoms with Crippen LogP contribution in [0.15, 0.2) is 28.7 Å². The predicted molar refractivity (Wildman–Crippen MR) is 62.4 cm³/mol. The average Bonchev–Trinajstić information content (AvgIpc) is 2.16. The van der Waals surface area contributed by atoms with E-state index >= 15 is 0 Å². The lowest BCUT2D eigenvalue weighted by atomic mass is 10.0. The third-order valence-electron chi connectivity index (χ3n) is 1.93. The molecule has 0 bridgehead atoms. The van der Waals surface area contributed by atoms with E-state index in [9.17, 15) is 5.11 Å². The molecule has 1 atom stereocenters. The lowest BCUT2D eigenvalue weighted by Crippen LogP contribution is -2.07. The summed E-state index contributed by atoms with van der Waals surface area (Å²) in [5, 5.41) is 9.20. The minimum absolute atomic E-state index is 0.212. The summed E-state index contributed by atoms with van der Waals surface area (Å²) >= 11 is 5.24. The van der Waals surface area contributed by atoms with Gasteiger partial charge in [-0.1, -0.05) is 34.1 Å². The molecule has 0 saturated heterocycles. The predicted octanol–water partition coefficient (Wildman–Crippen LogP) is 2.89. The second-order valence-corrected chi connectivity index (χ2v) is 4.62. The normalized spacial score (nSPS) is 12.8. The first-order valence-electron chi connectivity index (χ1n) is 4.13. The molecule has 1 nitrogen and oxygen atoms in total. The summed E-state index contributed by atoms with van der Waals surface area (Å²) in [6.07, 6.45) is 2.06. The fourth-order valence-electron chi connectivity index (χ4n) is 1.25. The Kier molecular flexibility index (Phi) is 4.84. The molecular weight excluding hydrogens is 248 g/mol. The van der Waals surface area contributed by atoms with Crippen molar-refractivity contribution in [3.63, 3.8) is 0 Å². The minimum atomic E-state index is 0.212. The van der Waals surface area contributed by atoms with E-state index in [0.717, 1.165) is 10.2 Å². The standard InChI is InChI=1S/C10H13BrOS/c1-13-7-8(6-12)9-4-2-3-5-10(9)11/h2-5,8,12H,6-7H2,1H3. The SMILES string of the molecule is CSCC(CO)c1ccccc1Br. The first-order valence-corrected chi connectivity index (χ1v) is 6.32. The molecule has 0 fully saturated rings. The summed E-state index contributed by atoms with van der Waals surface area (Å²) in [4.78, 5) is 0. The van der Waals surface area contributed by atoms with Gasteiger partial charge in [-0.05, 0) is 17.9 Å². The Balaban J connectivity index is 2.84. The molecule has 0 heterocycles. The molecule has 0 saturated carbocycles. The Morgan fingerprint density at radius 1 is 1.46 bits per heavy atom. The van der Waals surface area contributed by atoms with Gasteiger partial charge >= 0.3 is 0 Å². The zero-order chi connectivity index (χ0) is 9.68. The van der Waals surface area contributed by atoms with Crippen molar-refractivity contribution in [3.8, 4) is 0 Å². The summed E-state index contributed by atoms with van der Waals surface area (Å²) in [5.74, 6) is 1.20. The molecule has 72 valence electrons. The second-order valence-electron chi connectivity index (χ2n) is 2.86. The van der Waals surface area contributed by atoms with Gasteiger partial charge in [-0.2, -0.15) is 11.8 Å². The molecule has 3 heteroatoms. The van der Waals surface area contributed by atoms with Gasteiger partial charge in [0.25, 0.3) is 0 Å². The Labute approximate surface area is 91.7 Å². The van der Waals surface area contributed by atoms with Gasteiger partial charge < -0.3 is 5.11 Å². The first-order chi connectivity index (χ1) is 6.29. The van der Waals surface area contributed by atoms with Crippen LogP contribution in [-0.2, 0) is 0 Å². The molecule has 0 radical (unpaired) electrons. The number of aliphatic hydroxyl groups is 1. The third kappa shape index (κ3) is 3.01. The fourth-order valence-corrected chi connectivity index (χ4v) is 2.54. The van der Waals surface area contributed by atoms with Gasteiger partial charge in [0.1, 0.15) is 0 Å². The average molecular weight is 261 g/mol. The maximum atomic E-state index is 9.20. The molecule has 0 aliphatic carbocycles. The molecule has 13 heavy (non-hydrogen) atoms. The number of aliphatic hydroxyl groups excluding tert-OH is 1. The third-order valence-corrected chi connectivity index (χ3v) is 3.39. The highest BCUT2D eigenvalue weighted by Crippen LogP contribution is 2.26. The van der Waals surface area contributed by atoms with Crippen LogP contribution in [0.5, 0.6) is 0 Å². The number of hydrogen-bond acceptors (Lipinski definition) is 2. The van der Waals surface area contributed by atoms with Crippen LogP contribution < -0.4 is 0 Å². The summed E-state index contributed by atoms with van der Waals surface area (Å²) < 4.78 is 1.09. The molecule has 0 spiro atoms. The molecule has 0 aromatic heterocycles. The maximum Gasteiger partial charge on any atom is 0.0508 e. The lowest BCUT2D eigenvalue weighted by Gasteiger charge is -2.14. The Morgan fingerprint density at radius 2 is 2.15 bits per heavy atom. The van der Waals surface area contributed by atoms with Gasteiger partial charge in [-0.25, -0.2) is 0 Å². The monoisotopic (exact) mass is 260 g/mol.